The second kappa shape index (κ2) is 8.76. The van der Waals surface area contributed by atoms with Crippen LogP contribution in [0.1, 0.15) is 73.7 Å². The van der Waals surface area contributed by atoms with Crippen LogP contribution in [0.15, 0.2) is 18.2 Å². The van der Waals surface area contributed by atoms with Gasteiger partial charge in [-0.25, -0.2) is 0 Å². The van der Waals surface area contributed by atoms with Gasteiger partial charge in [0.05, 0.1) is 5.41 Å². The molecular weight excluding hydrogens is 356 g/mol. The number of amides is 2. The summed E-state index contributed by atoms with van der Waals surface area (Å²) < 4.78 is 0. The average molecular weight is 386 g/mol. The molecule has 1 saturated carbocycles. The maximum Gasteiger partial charge on any atom is 0.310 e. The standard InChI is InChI=1S/C22H30N2O4/c1-16-17(20(26)24-13-6-7-14-24)9-8-10-18(16)23-19(25)15-22(21(27)28)11-4-2-3-5-12-22/h8-10H,2-7,11-15H2,1H3,(H,23,25)(H,27,28). The monoisotopic (exact) mass is 386 g/mol. The summed E-state index contributed by atoms with van der Waals surface area (Å²) in [6, 6.07) is 5.33. The van der Waals surface area contributed by atoms with E-state index in [9.17, 15) is 19.5 Å². The third kappa shape index (κ3) is 4.37. The van der Waals surface area contributed by atoms with E-state index in [1.54, 1.807) is 18.2 Å². The van der Waals surface area contributed by atoms with E-state index in [0.29, 0.717) is 24.1 Å². The molecule has 1 aliphatic heterocycles. The number of hydrogen-bond donors (Lipinski definition) is 2. The molecule has 1 aromatic rings. The summed E-state index contributed by atoms with van der Waals surface area (Å²) in [5, 5.41) is 12.7. The molecule has 2 aliphatic rings. The molecule has 152 valence electrons. The highest BCUT2D eigenvalue weighted by atomic mass is 16.4. The molecule has 2 amide bonds. The summed E-state index contributed by atoms with van der Waals surface area (Å²) >= 11 is 0. The average Bonchev–Trinajstić information content (AvgIpc) is 3.10. The molecule has 6 nitrogen and oxygen atoms in total. The SMILES string of the molecule is Cc1c(NC(=O)CC2(C(=O)O)CCCCCC2)cccc1C(=O)N1CCCC1. The van der Waals surface area contributed by atoms with Crippen LogP contribution < -0.4 is 5.32 Å². The molecule has 3 rings (SSSR count). The van der Waals surface area contributed by atoms with Crippen LogP contribution in [-0.4, -0.2) is 40.9 Å². The third-order valence-corrected chi connectivity index (χ3v) is 6.24. The minimum Gasteiger partial charge on any atom is -0.481 e. The number of nitrogens with one attached hydrogen (secondary N) is 1. The smallest absolute Gasteiger partial charge is 0.310 e. The van der Waals surface area contributed by atoms with E-state index in [0.717, 1.165) is 57.2 Å². The number of aliphatic carboxylic acids is 1. The van der Waals surface area contributed by atoms with Crippen molar-refractivity contribution in [1.82, 2.24) is 4.90 Å². The Bertz CT molecular complexity index is 745. The Morgan fingerprint density at radius 1 is 1.04 bits per heavy atom. The predicted molar refractivity (Wildman–Crippen MR) is 107 cm³/mol. The number of benzene rings is 1. The molecule has 1 saturated heterocycles. The molecule has 0 atom stereocenters. The van der Waals surface area contributed by atoms with Gasteiger partial charge in [0.25, 0.3) is 5.91 Å². The molecule has 2 N–H and O–H groups in total. The molecule has 28 heavy (non-hydrogen) atoms. The number of carboxylic acid groups (broad SMARTS) is 1. The third-order valence-electron chi connectivity index (χ3n) is 6.24. The number of hydrogen-bond acceptors (Lipinski definition) is 3. The van der Waals surface area contributed by atoms with E-state index in [1.807, 2.05) is 11.8 Å². The van der Waals surface area contributed by atoms with Gasteiger partial charge >= 0.3 is 5.97 Å². The fraction of sp³-hybridized carbons (Fsp3) is 0.591. The van der Waals surface area contributed by atoms with Gasteiger partial charge < -0.3 is 15.3 Å². The number of anilines is 1. The van der Waals surface area contributed by atoms with Crippen LogP contribution in [0.2, 0.25) is 0 Å². The minimum absolute atomic E-state index is 0.00290. The molecular formula is C22H30N2O4. The van der Waals surface area contributed by atoms with E-state index in [4.69, 9.17) is 0 Å². The van der Waals surface area contributed by atoms with Crippen molar-refractivity contribution in [2.45, 2.75) is 64.7 Å². The van der Waals surface area contributed by atoms with Gasteiger partial charge in [-0.3, -0.25) is 14.4 Å². The Labute approximate surface area is 166 Å². The molecule has 0 unspecified atom stereocenters. The quantitative estimate of drug-likeness (QED) is 0.749. The summed E-state index contributed by atoms with van der Waals surface area (Å²) in [4.78, 5) is 39.2. The Morgan fingerprint density at radius 3 is 2.29 bits per heavy atom. The van der Waals surface area contributed by atoms with Crippen LogP contribution in [0, 0.1) is 12.3 Å². The molecule has 0 bridgehead atoms. The van der Waals surface area contributed by atoms with Crippen molar-refractivity contribution in [3.05, 3.63) is 29.3 Å². The Balaban J connectivity index is 1.73. The van der Waals surface area contributed by atoms with E-state index in [2.05, 4.69) is 5.32 Å². The number of carbonyl (C=O) groups is 3. The van der Waals surface area contributed by atoms with Crippen molar-refractivity contribution >= 4 is 23.5 Å². The van der Waals surface area contributed by atoms with Crippen LogP contribution in [0.25, 0.3) is 0 Å². The lowest BCUT2D eigenvalue weighted by atomic mass is 9.77. The van der Waals surface area contributed by atoms with Gasteiger partial charge in [0.2, 0.25) is 5.91 Å². The number of likely N-dealkylation sites (tertiary alicyclic amines) is 1. The summed E-state index contributed by atoms with van der Waals surface area (Å²) in [6.07, 6.45) is 6.86. The fourth-order valence-electron chi connectivity index (χ4n) is 4.47. The second-order valence-corrected chi connectivity index (χ2v) is 8.20. The highest BCUT2D eigenvalue weighted by Gasteiger charge is 2.40. The molecule has 6 heteroatoms. The molecule has 1 heterocycles. The first-order chi connectivity index (χ1) is 13.4. The van der Waals surface area contributed by atoms with Crippen molar-refractivity contribution in [1.29, 1.82) is 0 Å². The van der Waals surface area contributed by atoms with Crippen molar-refractivity contribution in [3.8, 4) is 0 Å². The van der Waals surface area contributed by atoms with Gasteiger partial charge in [0, 0.05) is 30.8 Å². The van der Waals surface area contributed by atoms with Gasteiger partial charge in [-0.05, 0) is 50.3 Å². The number of carboxylic acids is 1. The summed E-state index contributed by atoms with van der Waals surface area (Å²) in [5.74, 6) is -1.17. The lowest BCUT2D eigenvalue weighted by Crippen LogP contribution is -2.35. The minimum atomic E-state index is -0.975. The van der Waals surface area contributed by atoms with Crippen molar-refractivity contribution < 1.29 is 19.5 Å². The topological polar surface area (TPSA) is 86.7 Å². The first-order valence-corrected chi connectivity index (χ1v) is 10.4. The Morgan fingerprint density at radius 2 is 1.68 bits per heavy atom. The van der Waals surface area contributed by atoms with E-state index < -0.39 is 11.4 Å². The number of rotatable bonds is 5. The zero-order valence-corrected chi connectivity index (χ0v) is 16.6. The lowest BCUT2D eigenvalue weighted by Gasteiger charge is -2.27. The van der Waals surface area contributed by atoms with Crippen molar-refractivity contribution in [2.24, 2.45) is 5.41 Å². The molecule has 2 fully saturated rings. The van der Waals surface area contributed by atoms with Gasteiger partial charge in [0.1, 0.15) is 0 Å². The fourth-order valence-corrected chi connectivity index (χ4v) is 4.47. The summed E-state index contributed by atoms with van der Waals surface area (Å²) in [7, 11) is 0. The zero-order chi connectivity index (χ0) is 20.1. The molecule has 0 radical (unpaired) electrons. The maximum atomic E-state index is 12.7. The second-order valence-electron chi connectivity index (χ2n) is 8.20. The van der Waals surface area contributed by atoms with E-state index >= 15 is 0 Å². The van der Waals surface area contributed by atoms with Gasteiger partial charge in [-0.1, -0.05) is 31.7 Å². The Kier molecular flexibility index (Phi) is 6.37. The molecule has 0 spiro atoms. The van der Waals surface area contributed by atoms with Crippen LogP contribution in [-0.2, 0) is 9.59 Å². The highest BCUT2D eigenvalue weighted by Crippen LogP contribution is 2.39. The van der Waals surface area contributed by atoms with Crippen LogP contribution in [0.3, 0.4) is 0 Å². The van der Waals surface area contributed by atoms with E-state index in [1.165, 1.54) is 0 Å². The Hall–Kier alpha value is -2.37. The lowest BCUT2D eigenvalue weighted by molar-refractivity contribution is -0.152. The predicted octanol–water partition coefficient (Wildman–Crippen LogP) is 3.98. The molecule has 1 aliphatic carbocycles. The van der Waals surface area contributed by atoms with Crippen LogP contribution in [0.5, 0.6) is 0 Å². The number of nitrogens with zero attached hydrogens (tertiary/aromatic N) is 1. The molecule has 1 aromatic carbocycles. The van der Waals surface area contributed by atoms with Crippen LogP contribution in [0.4, 0.5) is 5.69 Å². The summed E-state index contributed by atoms with van der Waals surface area (Å²) in [6.45, 7) is 3.38. The first kappa shape index (κ1) is 20.4. The van der Waals surface area contributed by atoms with Crippen LogP contribution >= 0.6 is 0 Å². The zero-order valence-electron chi connectivity index (χ0n) is 16.6. The van der Waals surface area contributed by atoms with Crippen molar-refractivity contribution in [2.75, 3.05) is 18.4 Å². The number of carbonyl (C=O) groups excluding carboxylic acids is 2. The normalized spacial score (nSPS) is 19.1. The van der Waals surface area contributed by atoms with Gasteiger partial charge in [0.15, 0.2) is 0 Å². The molecule has 0 aromatic heterocycles. The van der Waals surface area contributed by atoms with E-state index in [-0.39, 0.29) is 18.2 Å². The maximum absolute atomic E-state index is 12.7. The highest BCUT2D eigenvalue weighted by molar-refractivity contribution is 6.00. The van der Waals surface area contributed by atoms with Gasteiger partial charge in [-0.15, -0.1) is 0 Å². The largest absolute Gasteiger partial charge is 0.481 e. The first-order valence-electron chi connectivity index (χ1n) is 10.4. The van der Waals surface area contributed by atoms with Crippen molar-refractivity contribution in [3.63, 3.8) is 0 Å². The van der Waals surface area contributed by atoms with Gasteiger partial charge in [-0.2, -0.15) is 0 Å². The summed E-state index contributed by atoms with van der Waals surface area (Å²) in [5.41, 5.74) is 0.946.